The first-order valence-corrected chi connectivity index (χ1v) is 18.9. The zero-order chi connectivity index (χ0) is 37.8. The lowest BCUT2D eigenvalue weighted by atomic mass is 9.94. The maximum Gasteiger partial charge on any atom is 0.0625 e. The fourth-order valence-electron chi connectivity index (χ4n) is 7.79. The highest BCUT2D eigenvalue weighted by molar-refractivity contribution is 6.20. The summed E-state index contributed by atoms with van der Waals surface area (Å²) < 4.78 is 2.43. The van der Waals surface area contributed by atoms with E-state index in [-0.39, 0.29) is 0 Å². The number of hydrogen-bond acceptors (Lipinski definition) is 2. The van der Waals surface area contributed by atoms with Crippen LogP contribution in [0.15, 0.2) is 219 Å². The number of benzene rings is 8. The molecule has 3 heteroatoms. The summed E-state index contributed by atoms with van der Waals surface area (Å²) in [6.45, 7) is 4.24. The molecular weight excluding hydrogens is 679 g/mol. The van der Waals surface area contributed by atoms with Crippen LogP contribution in [0, 0.1) is 5.41 Å². The highest BCUT2D eigenvalue weighted by Crippen LogP contribution is 2.46. The Labute approximate surface area is 327 Å². The first-order valence-electron chi connectivity index (χ1n) is 18.9. The Balaban J connectivity index is 1.31. The van der Waals surface area contributed by atoms with Crippen LogP contribution in [0.1, 0.15) is 5.56 Å². The number of anilines is 3. The molecule has 0 aliphatic heterocycles. The van der Waals surface area contributed by atoms with Crippen LogP contribution in [0.25, 0.3) is 66.4 Å². The zero-order valence-electron chi connectivity index (χ0n) is 30.9. The topological polar surface area (TPSA) is 32.0 Å². The molecule has 1 heterocycles. The van der Waals surface area contributed by atoms with Gasteiger partial charge in [-0.2, -0.15) is 0 Å². The van der Waals surface area contributed by atoms with Crippen molar-refractivity contribution in [2.45, 2.75) is 0 Å². The summed E-state index contributed by atoms with van der Waals surface area (Å²) in [5.74, 6) is 0. The third kappa shape index (κ3) is 6.42. The summed E-state index contributed by atoms with van der Waals surface area (Å²) in [6.07, 6.45) is 4.84. The molecule has 9 aromatic rings. The van der Waals surface area contributed by atoms with Crippen LogP contribution in [0.3, 0.4) is 0 Å². The fourth-order valence-corrected chi connectivity index (χ4v) is 7.79. The van der Waals surface area contributed by atoms with Crippen LogP contribution < -0.4 is 4.90 Å². The van der Waals surface area contributed by atoms with Gasteiger partial charge in [-0.1, -0.05) is 158 Å². The second-order valence-corrected chi connectivity index (χ2v) is 13.8. The van der Waals surface area contributed by atoms with Crippen molar-refractivity contribution in [1.29, 1.82) is 5.41 Å². The first kappa shape index (κ1) is 34.3. The van der Waals surface area contributed by atoms with Gasteiger partial charge in [0.25, 0.3) is 0 Å². The number of fused-ring (bicyclic) bond motifs is 3. The predicted molar refractivity (Wildman–Crippen MR) is 239 cm³/mol. The Bertz CT molecular complexity index is 2840. The molecule has 9 rings (SSSR count). The molecule has 0 aliphatic rings. The van der Waals surface area contributed by atoms with E-state index in [0.29, 0.717) is 0 Å². The Kier molecular flexibility index (Phi) is 9.24. The Morgan fingerprint density at radius 2 is 1.00 bits per heavy atom. The normalized spacial score (nSPS) is 11.3. The van der Waals surface area contributed by atoms with E-state index >= 15 is 0 Å². The number of allylic oxidation sites excluding steroid dienone is 3. The van der Waals surface area contributed by atoms with E-state index in [1.165, 1.54) is 55.9 Å². The van der Waals surface area contributed by atoms with Crippen LogP contribution in [-0.4, -0.2) is 10.8 Å². The molecule has 0 saturated heterocycles. The summed E-state index contributed by atoms with van der Waals surface area (Å²) in [6, 6.07) is 71.5. The highest BCUT2D eigenvalue weighted by atomic mass is 15.1. The molecule has 0 bridgehead atoms. The maximum absolute atomic E-state index is 7.42. The van der Waals surface area contributed by atoms with Crippen LogP contribution in [0.2, 0.25) is 0 Å². The van der Waals surface area contributed by atoms with Gasteiger partial charge in [0, 0.05) is 45.3 Å². The Morgan fingerprint density at radius 1 is 0.500 bits per heavy atom. The molecule has 0 unspecified atom stereocenters. The standard InChI is InChI=1S/C53H39N3/c1-38(15-14-36-54)39-24-28-45(29-25-39)55(46-30-26-41(27-31-46)40-16-6-2-7-17-40)47-32-35-51-50(37-47)52-48(42-18-8-3-9-19-42)33-34-49(43-20-10-4-11-21-43)53(52)56(51)44-22-12-5-13-23-44/h2-37,54H,1H2/b15-14-,54-36?. The Hall–Kier alpha value is -7.49. The average molecular weight is 718 g/mol. The van der Waals surface area contributed by atoms with E-state index in [1.54, 1.807) is 6.08 Å². The molecule has 56 heavy (non-hydrogen) atoms. The molecular formula is C53H39N3. The van der Waals surface area contributed by atoms with Gasteiger partial charge in [-0.25, -0.2) is 0 Å². The molecule has 266 valence electrons. The van der Waals surface area contributed by atoms with Gasteiger partial charge < -0.3 is 14.9 Å². The van der Waals surface area contributed by atoms with E-state index in [2.05, 4.69) is 216 Å². The number of nitrogens with zero attached hydrogens (tertiary/aromatic N) is 2. The monoisotopic (exact) mass is 717 g/mol. The summed E-state index contributed by atoms with van der Waals surface area (Å²) in [5.41, 5.74) is 15.5. The van der Waals surface area contributed by atoms with Gasteiger partial charge in [-0.15, -0.1) is 0 Å². The predicted octanol–water partition coefficient (Wildman–Crippen LogP) is 14.5. The minimum absolute atomic E-state index is 0.858. The molecule has 0 fully saturated rings. The number of hydrogen-bond donors (Lipinski definition) is 1. The molecule has 0 atom stereocenters. The van der Waals surface area contributed by atoms with Gasteiger partial charge in [0.2, 0.25) is 0 Å². The number of aromatic nitrogens is 1. The minimum atomic E-state index is 0.858. The van der Waals surface area contributed by atoms with E-state index in [1.807, 2.05) is 6.08 Å². The van der Waals surface area contributed by atoms with E-state index in [4.69, 9.17) is 5.41 Å². The summed E-state index contributed by atoms with van der Waals surface area (Å²) >= 11 is 0. The molecule has 3 nitrogen and oxygen atoms in total. The highest BCUT2D eigenvalue weighted by Gasteiger charge is 2.22. The van der Waals surface area contributed by atoms with Gasteiger partial charge in [-0.3, -0.25) is 0 Å². The molecule has 0 aliphatic carbocycles. The van der Waals surface area contributed by atoms with E-state index in [9.17, 15) is 0 Å². The molecule has 1 N–H and O–H groups in total. The number of rotatable bonds is 10. The molecule has 0 saturated carbocycles. The van der Waals surface area contributed by atoms with Crippen molar-refractivity contribution in [3.63, 3.8) is 0 Å². The summed E-state index contributed by atoms with van der Waals surface area (Å²) in [7, 11) is 0. The fraction of sp³-hybridized carbons (Fsp3) is 0. The lowest BCUT2D eigenvalue weighted by Gasteiger charge is -2.26. The molecule has 0 radical (unpaired) electrons. The molecule has 0 amide bonds. The average Bonchev–Trinajstić information content (AvgIpc) is 3.62. The summed E-state index contributed by atoms with van der Waals surface area (Å²) in [4.78, 5) is 2.34. The second-order valence-electron chi connectivity index (χ2n) is 13.8. The molecule has 8 aromatic carbocycles. The van der Waals surface area contributed by atoms with Crippen molar-refractivity contribution in [1.82, 2.24) is 4.57 Å². The number of nitrogens with one attached hydrogen (secondary N) is 1. The molecule has 1 aromatic heterocycles. The SMILES string of the molecule is C=C(/C=C\C=N)c1ccc(N(c2ccc(-c3ccccc3)cc2)c2ccc3c(c2)c2c(-c4ccccc4)ccc(-c4ccccc4)c2n3-c2ccccc2)cc1. The molecule has 0 spiro atoms. The van der Waals surface area contributed by atoms with Gasteiger partial charge in [0.15, 0.2) is 0 Å². The van der Waals surface area contributed by atoms with Crippen molar-refractivity contribution < 1.29 is 0 Å². The lowest BCUT2D eigenvalue weighted by Crippen LogP contribution is -2.10. The van der Waals surface area contributed by atoms with Gasteiger partial charge in [0.1, 0.15) is 0 Å². The Morgan fingerprint density at radius 3 is 1.61 bits per heavy atom. The van der Waals surface area contributed by atoms with Crippen molar-refractivity contribution in [2.75, 3.05) is 4.90 Å². The van der Waals surface area contributed by atoms with E-state index in [0.717, 1.165) is 39.4 Å². The largest absolute Gasteiger partial charge is 0.310 e. The smallest absolute Gasteiger partial charge is 0.0625 e. The van der Waals surface area contributed by atoms with Crippen molar-refractivity contribution in [2.24, 2.45) is 0 Å². The van der Waals surface area contributed by atoms with Crippen LogP contribution in [0.4, 0.5) is 17.1 Å². The quantitative estimate of drug-likeness (QED) is 0.111. The second kappa shape index (κ2) is 15.1. The van der Waals surface area contributed by atoms with Gasteiger partial charge in [0.05, 0.1) is 11.0 Å². The zero-order valence-corrected chi connectivity index (χ0v) is 30.9. The third-order valence-corrected chi connectivity index (χ3v) is 10.5. The summed E-state index contributed by atoms with van der Waals surface area (Å²) in [5, 5.41) is 9.81. The minimum Gasteiger partial charge on any atom is -0.310 e. The van der Waals surface area contributed by atoms with Crippen LogP contribution in [-0.2, 0) is 0 Å². The number of para-hydroxylation sites is 1. The van der Waals surface area contributed by atoms with Crippen molar-refractivity contribution >= 4 is 50.7 Å². The van der Waals surface area contributed by atoms with Crippen molar-refractivity contribution in [3.8, 4) is 39.1 Å². The van der Waals surface area contributed by atoms with Crippen LogP contribution in [0.5, 0.6) is 0 Å². The van der Waals surface area contributed by atoms with E-state index < -0.39 is 0 Å². The first-order chi connectivity index (χ1) is 27.7. The maximum atomic E-state index is 7.42. The van der Waals surface area contributed by atoms with Crippen molar-refractivity contribution in [3.05, 3.63) is 224 Å². The third-order valence-electron chi connectivity index (χ3n) is 10.5. The van der Waals surface area contributed by atoms with Gasteiger partial charge in [-0.05, 0) is 99.6 Å². The van der Waals surface area contributed by atoms with Crippen LogP contribution >= 0.6 is 0 Å². The van der Waals surface area contributed by atoms with Gasteiger partial charge >= 0.3 is 0 Å². The lowest BCUT2D eigenvalue weighted by molar-refractivity contribution is 1.18.